The summed E-state index contributed by atoms with van der Waals surface area (Å²) in [6.07, 6.45) is 3.40. The van der Waals surface area contributed by atoms with E-state index in [0.29, 0.717) is 22.4 Å². The second-order valence-corrected chi connectivity index (χ2v) is 10.1. The summed E-state index contributed by atoms with van der Waals surface area (Å²) in [4.78, 5) is 17.9. The minimum Gasteiger partial charge on any atom is -0.399 e. The van der Waals surface area contributed by atoms with Crippen molar-refractivity contribution in [2.75, 3.05) is 0 Å². The van der Waals surface area contributed by atoms with Crippen LogP contribution in [0.5, 0.6) is 0 Å². The van der Waals surface area contributed by atoms with Crippen LogP contribution in [0, 0.1) is 31.3 Å². The normalized spacial score (nSPS) is 11.9. The highest BCUT2D eigenvalue weighted by molar-refractivity contribution is 5.82. The van der Waals surface area contributed by atoms with Gasteiger partial charge in [0.2, 0.25) is 5.91 Å². The first kappa shape index (κ1) is 27.6. The fourth-order valence-electron chi connectivity index (χ4n) is 4.87. The number of halogens is 3. The molecule has 6 nitrogen and oxygen atoms in total. The largest absolute Gasteiger partial charge is 0.399 e. The molecular weight excluding hydrogens is 527 g/mol. The molecule has 5 rings (SSSR count). The lowest BCUT2D eigenvalue weighted by Gasteiger charge is -2.22. The Hall–Kier alpha value is -4.92. The van der Waals surface area contributed by atoms with Crippen molar-refractivity contribution in [1.29, 1.82) is 0 Å². The zero-order valence-electron chi connectivity index (χ0n) is 22.6. The van der Waals surface area contributed by atoms with Crippen molar-refractivity contribution in [1.82, 2.24) is 20.1 Å². The third-order valence-electron chi connectivity index (χ3n) is 6.96. The first-order chi connectivity index (χ1) is 19.6. The summed E-state index contributed by atoms with van der Waals surface area (Å²) in [6, 6.07) is 14.3. The van der Waals surface area contributed by atoms with Crippen molar-refractivity contribution in [2.24, 2.45) is 5.73 Å². The number of nitrogens with two attached hydrogens (primary N) is 1. The summed E-state index contributed by atoms with van der Waals surface area (Å²) in [5, 5.41) is 8.41. The monoisotopic (exact) mass is 555 g/mol. The molecule has 208 valence electrons. The lowest BCUT2D eigenvalue weighted by Crippen LogP contribution is -2.33. The molecule has 0 fully saturated rings. The molecule has 1 amide bonds. The van der Waals surface area contributed by atoms with Gasteiger partial charge in [0.05, 0.1) is 17.3 Å². The van der Waals surface area contributed by atoms with E-state index in [0.717, 1.165) is 28.1 Å². The van der Waals surface area contributed by atoms with Crippen molar-refractivity contribution in [3.63, 3.8) is 0 Å². The van der Waals surface area contributed by atoms with Gasteiger partial charge in [-0.25, -0.2) is 13.2 Å². The quantitative estimate of drug-likeness (QED) is 0.240. The number of aryl methyl sites for hydroxylation is 2. The molecule has 0 spiro atoms. The Morgan fingerprint density at radius 2 is 1.76 bits per heavy atom. The fraction of sp³-hybridized carbons (Fsp3) is 0.156. The van der Waals surface area contributed by atoms with Gasteiger partial charge in [0.15, 0.2) is 0 Å². The van der Waals surface area contributed by atoms with Gasteiger partial charge in [-0.05, 0) is 85.0 Å². The van der Waals surface area contributed by atoms with Crippen molar-refractivity contribution in [3.05, 3.63) is 125 Å². The maximum absolute atomic E-state index is 14.4. The van der Waals surface area contributed by atoms with Crippen LogP contribution in [0.15, 0.2) is 79.6 Å². The minimum absolute atomic E-state index is 0.0432. The SMILES string of the molecule is C=C(N)c1cc(-c2cccnc2[C@H](Cc2cc(F)cc(F)c2)NC(=O)Cn2cc3cc(C)c(C)cc3n2)ccc1F. The Bertz CT molecular complexity index is 1740. The number of benzene rings is 3. The number of nitrogens with zero attached hydrogens (tertiary/aromatic N) is 3. The molecule has 0 unspecified atom stereocenters. The highest BCUT2D eigenvalue weighted by Crippen LogP contribution is 2.31. The highest BCUT2D eigenvalue weighted by Gasteiger charge is 2.22. The van der Waals surface area contributed by atoms with Crippen molar-refractivity contribution >= 4 is 22.5 Å². The van der Waals surface area contributed by atoms with E-state index in [1.165, 1.54) is 18.2 Å². The lowest BCUT2D eigenvalue weighted by molar-refractivity contribution is -0.122. The Morgan fingerprint density at radius 3 is 2.49 bits per heavy atom. The summed E-state index contributed by atoms with van der Waals surface area (Å²) < 4.78 is 44.1. The number of pyridine rings is 1. The molecule has 5 aromatic rings. The summed E-state index contributed by atoms with van der Waals surface area (Å²) in [5.41, 5.74) is 10.9. The summed E-state index contributed by atoms with van der Waals surface area (Å²) >= 11 is 0. The lowest BCUT2D eigenvalue weighted by atomic mass is 9.94. The van der Waals surface area contributed by atoms with E-state index in [-0.39, 0.29) is 30.1 Å². The molecule has 0 aliphatic rings. The average Bonchev–Trinajstić information content (AvgIpc) is 3.28. The fourth-order valence-corrected chi connectivity index (χ4v) is 4.87. The van der Waals surface area contributed by atoms with Crippen molar-refractivity contribution in [3.8, 4) is 11.1 Å². The molecule has 0 bridgehead atoms. The maximum Gasteiger partial charge on any atom is 0.242 e. The molecule has 3 N–H and O–H groups in total. The molecule has 0 radical (unpaired) electrons. The number of fused-ring (bicyclic) bond motifs is 1. The third-order valence-corrected chi connectivity index (χ3v) is 6.96. The van der Waals surface area contributed by atoms with E-state index >= 15 is 0 Å². The van der Waals surface area contributed by atoms with Gasteiger partial charge < -0.3 is 11.1 Å². The molecule has 2 aromatic heterocycles. The van der Waals surface area contributed by atoms with Gasteiger partial charge in [-0.1, -0.05) is 18.7 Å². The number of carbonyl (C=O) groups excluding carboxylic acids is 1. The average molecular weight is 556 g/mol. The predicted octanol–water partition coefficient (Wildman–Crippen LogP) is 6.16. The van der Waals surface area contributed by atoms with Crippen LogP contribution >= 0.6 is 0 Å². The van der Waals surface area contributed by atoms with E-state index < -0.39 is 23.5 Å². The third kappa shape index (κ3) is 6.14. The number of hydrogen-bond donors (Lipinski definition) is 2. The van der Waals surface area contributed by atoms with Gasteiger partial charge in [-0.3, -0.25) is 14.5 Å². The van der Waals surface area contributed by atoms with E-state index in [1.54, 1.807) is 41.3 Å². The molecule has 41 heavy (non-hydrogen) atoms. The van der Waals surface area contributed by atoms with E-state index in [9.17, 15) is 18.0 Å². The van der Waals surface area contributed by atoms with Crippen LogP contribution in [0.3, 0.4) is 0 Å². The summed E-state index contributed by atoms with van der Waals surface area (Å²) in [7, 11) is 0. The molecular formula is C32H28F3N5O. The Morgan fingerprint density at radius 1 is 1.02 bits per heavy atom. The van der Waals surface area contributed by atoms with E-state index in [4.69, 9.17) is 5.73 Å². The zero-order valence-corrected chi connectivity index (χ0v) is 22.6. The molecule has 3 aromatic carbocycles. The minimum atomic E-state index is -0.788. The van der Waals surface area contributed by atoms with Crippen LogP contribution in [-0.2, 0) is 17.8 Å². The van der Waals surface area contributed by atoms with Gasteiger partial charge in [-0.15, -0.1) is 0 Å². The van der Waals surface area contributed by atoms with Gasteiger partial charge in [0.1, 0.15) is 24.0 Å². The van der Waals surface area contributed by atoms with Gasteiger partial charge in [0, 0.05) is 40.7 Å². The van der Waals surface area contributed by atoms with Crippen LogP contribution in [-0.4, -0.2) is 20.7 Å². The second kappa shape index (κ2) is 11.3. The topological polar surface area (TPSA) is 85.8 Å². The van der Waals surface area contributed by atoms with Crippen LogP contribution < -0.4 is 11.1 Å². The standard InChI is InChI=1S/C32H28F3N5O/c1-18-9-23-16-40(39-29(23)10-19(18)2)17-31(41)38-30(13-21-11-24(33)15-25(34)12-21)32-26(5-4-8-37-32)22-6-7-28(35)27(14-22)20(3)36/h4-12,14-16,30H,3,13,17,36H2,1-2H3,(H,38,41)/t30-/m0/s1. The van der Waals surface area contributed by atoms with Crippen LogP contribution in [0.1, 0.15) is 34.0 Å². The van der Waals surface area contributed by atoms with Gasteiger partial charge in [-0.2, -0.15) is 5.10 Å². The Labute approximate surface area is 235 Å². The smallest absolute Gasteiger partial charge is 0.242 e. The number of aromatic nitrogens is 3. The zero-order chi connectivity index (χ0) is 29.3. The first-order valence-electron chi connectivity index (χ1n) is 13.0. The van der Waals surface area contributed by atoms with Gasteiger partial charge >= 0.3 is 0 Å². The Balaban J connectivity index is 1.51. The van der Waals surface area contributed by atoms with E-state index in [1.807, 2.05) is 26.0 Å². The van der Waals surface area contributed by atoms with Crippen molar-refractivity contribution < 1.29 is 18.0 Å². The number of nitrogens with one attached hydrogen (secondary N) is 1. The molecule has 1 atom stereocenters. The van der Waals surface area contributed by atoms with Crippen LogP contribution in [0.2, 0.25) is 0 Å². The predicted molar refractivity (Wildman–Crippen MR) is 153 cm³/mol. The first-order valence-corrected chi connectivity index (χ1v) is 13.0. The molecule has 0 saturated carbocycles. The van der Waals surface area contributed by atoms with Crippen LogP contribution in [0.25, 0.3) is 27.7 Å². The van der Waals surface area contributed by atoms with Crippen LogP contribution in [0.4, 0.5) is 13.2 Å². The highest BCUT2D eigenvalue weighted by atomic mass is 19.1. The van der Waals surface area contributed by atoms with Crippen molar-refractivity contribution in [2.45, 2.75) is 32.9 Å². The molecule has 2 heterocycles. The molecule has 9 heteroatoms. The second-order valence-electron chi connectivity index (χ2n) is 10.1. The molecule has 0 aliphatic heterocycles. The van der Waals surface area contributed by atoms with Gasteiger partial charge in [0.25, 0.3) is 0 Å². The molecule has 0 saturated heterocycles. The number of amides is 1. The number of carbonyl (C=O) groups is 1. The number of rotatable bonds is 8. The maximum atomic E-state index is 14.4. The van der Waals surface area contributed by atoms with E-state index in [2.05, 4.69) is 22.0 Å². The summed E-state index contributed by atoms with van der Waals surface area (Å²) in [5.74, 6) is -2.36. The number of hydrogen-bond acceptors (Lipinski definition) is 4. The molecule has 0 aliphatic carbocycles. The Kier molecular flexibility index (Phi) is 7.61. The summed E-state index contributed by atoms with van der Waals surface area (Å²) in [6.45, 7) is 7.56.